The molecule has 1 atom stereocenters. The molecule has 0 aliphatic carbocycles. The lowest BCUT2D eigenvalue weighted by Crippen LogP contribution is -2.27. The highest BCUT2D eigenvalue weighted by molar-refractivity contribution is 9.10. The maximum atomic E-state index is 12.3. The van der Waals surface area contributed by atoms with Crippen molar-refractivity contribution < 1.29 is 4.79 Å². The van der Waals surface area contributed by atoms with Crippen molar-refractivity contribution in [2.24, 2.45) is 0 Å². The van der Waals surface area contributed by atoms with Crippen molar-refractivity contribution in [3.8, 4) is 0 Å². The number of carbonyl (C=O) groups is 1. The average Bonchev–Trinajstić information content (AvgIpc) is 3.09. The minimum Gasteiger partial charge on any atom is -0.295 e. The molecule has 2 nitrogen and oxygen atoms in total. The molecule has 4 heteroatoms. The minimum absolute atomic E-state index is 0.223. The first-order valence-corrected chi connectivity index (χ1v) is 8.45. The van der Waals surface area contributed by atoms with E-state index >= 15 is 0 Å². The summed E-state index contributed by atoms with van der Waals surface area (Å²) in [5.74, 6) is 0.788. The fraction of sp³-hybridized carbons (Fsp3) is 0.312. The van der Waals surface area contributed by atoms with Gasteiger partial charge in [-0.3, -0.25) is 9.69 Å². The summed E-state index contributed by atoms with van der Waals surface area (Å²) in [6.45, 7) is 2.52. The standard InChI is InChI=1S/C16H16BrNOS/c17-14-7-9-20-16(14)15(19)11-18-8-6-13(10-18)12-4-2-1-3-5-12/h1-5,7,9,13H,6,8,10-11H2. The molecular formula is C16H16BrNOS. The van der Waals surface area contributed by atoms with Gasteiger partial charge in [-0.15, -0.1) is 11.3 Å². The number of carbonyl (C=O) groups excluding carboxylic acids is 1. The Hall–Kier alpha value is -0.970. The molecule has 104 valence electrons. The first-order valence-electron chi connectivity index (χ1n) is 6.77. The summed E-state index contributed by atoms with van der Waals surface area (Å²) in [6.07, 6.45) is 1.14. The van der Waals surface area contributed by atoms with Crippen LogP contribution in [-0.2, 0) is 0 Å². The number of likely N-dealkylation sites (tertiary alicyclic amines) is 1. The third kappa shape index (κ3) is 3.03. The Kier molecular flexibility index (Phi) is 4.34. The van der Waals surface area contributed by atoms with Gasteiger partial charge in [0.15, 0.2) is 5.78 Å². The van der Waals surface area contributed by atoms with Gasteiger partial charge in [-0.25, -0.2) is 0 Å². The SMILES string of the molecule is O=C(CN1CCC(c2ccccc2)C1)c1sccc1Br. The monoisotopic (exact) mass is 349 g/mol. The van der Waals surface area contributed by atoms with Gasteiger partial charge >= 0.3 is 0 Å². The molecule has 1 unspecified atom stereocenters. The highest BCUT2D eigenvalue weighted by Gasteiger charge is 2.26. The van der Waals surface area contributed by atoms with Crippen molar-refractivity contribution in [2.45, 2.75) is 12.3 Å². The van der Waals surface area contributed by atoms with Gasteiger partial charge in [0.2, 0.25) is 0 Å². The van der Waals surface area contributed by atoms with Gasteiger partial charge in [0, 0.05) is 11.0 Å². The quantitative estimate of drug-likeness (QED) is 0.771. The second kappa shape index (κ2) is 6.20. The van der Waals surface area contributed by atoms with E-state index in [2.05, 4.69) is 45.1 Å². The van der Waals surface area contributed by atoms with Gasteiger partial charge < -0.3 is 0 Å². The van der Waals surface area contributed by atoms with Gasteiger partial charge in [0.1, 0.15) is 0 Å². The van der Waals surface area contributed by atoms with Gasteiger partial charge in [-0.2, -0.15) is 0 Å². The molecule has 0 amide bonds. The molecule has 0 spiro atoms. The Morgan fingerprint density at radius 1 is 1.30 bits per heavy atom. The number of rotatable bonds is 4. The molecular weight excluding hydrogens is 334 g/mol. The van der Waals surface area contributed by atoms with E-state index in [4.69, 9.17) is 0 Å². The number of nitrogens with zero attached hydrogens (tertiary/aromatic N) is 1. The van der Waals surface area contributed by atoms with Gasteiger partial charge in [-0.05, 0) is 51.8 Å². The van der Waals surface area contributed by atoms with E-state index in [9.17, 15) is 4.79 Å². The molecule has 0 saturated carbocycles. The normalized spacial score (nSPS) is 19.4. The van der Waals surface area contributed by atoms with Crippen LogP contribution in [0.3, 0.4) is 0 Å². The van der Waals surface area contributed by atoms with E-state index in [1.807, 2.05) is 17.5 Å². The van der Waals surface area contributed by atoms with Crippen molar-refractivity contribution in [3.63, 3.8) is 0 Å². The van der Waals surface area contributed by atoms with Crippen LogP contribution in [0.2, 0.25) is 0 Å². The summed E-state index contributed by atoms with van der Waals surface area (Å²) in [5.41, 5.74) is 1.39. The number of Topliss-reactive ketones (excluding diaryl/α,β-unsaturated/α-hetero) is 1. The molecule has 2 heterocycles. The fourth-order valence-corrected chi connectivity index (χ4v) is 4.27. The van der Waals surface area contributed by atoms with Crippen LogP contribution >= 0.6 is 27.3 Å². The molecule has 1 fully saturated rings. The van der Waals surface area contributed by atoms with Crippen LogP contribution in [0.1, 0.15) is 27.6 Å². The Balaban J connectivity index is 1.61. The smallest absolute Gasteiger partial charge is 0.187 e. The number of benzene rings is 1. The number of ketones is 1. The molecule has 1 aliphatic heterocycles. The molecule has 1 aromatic carbocycles. The summed E-state index contributed by atoms with van der Waals surface area (Å²) in [6, 6.07) is 12.5. The van der Waals surface area contributed by atoms with Gasteiger partial charge in [0.05, 0.1) is 11.4 Å². The topological polar surface area (TPSA) is 20.3 Å². The number of thiophene rings is 1. The lowest BCUT2D eigenvalue weighted by molar-refractivity contribution is 0.0948. The third-order valence-electron chi connectivity index (χ3n) is 3.78. The minimum atomic E-state index is 0.223. The lowest BCUT2D eigenvalue weighted by atomic mass is 9.99. The molecule has 1 saturated heterocycles. The van der Waals surface area contributed by atoms with Crippen molar-refractivity contribution in [2.75, 3.05) is 19.6 Å². The summed E-state index contributed by atoms with van der Waals surface area (Å²) in [7, 11) is 0. The third-order valence-corrected chi connectivity index (χ3v) is 5.66. The molecule has 0 bridgehead atoms. The van der Waals surface area contributed by atoms with Crippen LogP contribution < -0.4 is 0 Å². The van der Waals surface area contributed by atoms with E-state index < -0.39 is 0 Å². The Morgan fingerprint density at radius 3 is 2.80 bits per heavy atom. The zero-order valence-electron chi connectivity index (χ0n) is 11.1. The van der Waals surface area contributed by atoms with Crippen LogP contribution in [0.4, 0.5) is 0 Å². The molecule has 1 aromatic heterocycles. The van der Waals surface area contributed by atoms with Crippen LogP contribution in [0.5, 0.6) is 0 Å². The molecule has 0 radical (unpaired) electrons. The van der Waals surface area contributed by atoms with E-state index in [1.165, 1.54) is 16.9 Å². The molecule has 3 rings (SSSR count). The summed E-state index contributed by atoms with van der Waals surface area (Å²) >= 11 is 4.95. The summed E-state index contributed by atoms with van der Waals surface area (Å²) in [4.78, 5) is 15.4. The lowest BCUT2D eigenvalue weighted by Gasteiger charge is -2.15. The predicted molar refractivity (Wildman–Crippen MR) is 86.6 cm³/mol. The van der Waals surface area contributed by atoms with Crippen LogP contribution in [0.15, 0.2) is 46.3 Å². The van der Waals surface area contributed by atoms with E-state index in [-0.39, 0.29) is 5.78 Å². The fourth-order valence-electron chi connectivity index (χ4n) is 2.74. The van der Waals surface area contributed by atoms with Crippen LogP contribution in [0, 0.1) is 0 Å². The van der Waals surface area contributed by atoms with E-state index in [1.54, 1.807) is 0 Å². The average molecular weight is 350 g/mol. The van der Waals surface area contributed by atoms with Crippen LogP contribution in [-0.4, -0.2) is 30.3 Å². The summed E-state index contributed by atoms with van der Waals surface area (Å²) in [5, 5.41) is 1.95. The van der Waals surface area contributed by atoms with E-state index in [0.29, 0.717) is 12.5 Å². The highest BCUT2D eigenvalue weighted by Crippen LogP contribution is 2.28. The zero-order valence-corrected chi connectivity index (χ0v) is 13.5. The largest absolute Gasteiger partial charge is 0.295 e. The van der Waals surface area contributed by atoms with Crippen molar-refractivity contribution in [1.29, 1.82) is 0 Å². The Bertz CT molecular complexity index is 596. The van der Waals surface area contributed by atoms with E-state index in [0.717, 1.165) is 28.9 Å². The first kappa shape index (κ1) is 14.0. The maximum Gasteiger partial charge on any atom is 0.187 e. The highest BCUT2D eigenvalue weighted by atomic mass is 79.9. The van der Waals surface area contributed by atoms with Crippen LogP contribution in [0.25, 0.3) is 0 Å². The number of hydrogen-bond acceptors (Lipinski definition) is 3. The van der Waals surface area contributed by atoms with Gasteiger partial charge in [0.25, 0.3) is 0 Å². The molecule has 1 aliphatic rings. The Labute approximate surface area is 131 Å². The Morgan fingerprint density at radius 2 is 2.10 bits per heavy atom. The summed E-state index contributed by atoms with van der Waals surface area (Å²) < 4.78 is 0.923. The maximum absolute atomic E-state index is 12.3. The number of halogens is 1. The zero-order chi connectivity index (χ0) is 13.9. The second-order valence-corrected chi connectivity index (χ2v) is 6.92. The second-order valence-electron chi connectivity index (χ2n) is 5.15. The van der Waals surface area contributed by atoms with Crippen molar-refractivity contribution in [1.82, 2.24) is 4.90 Å². The molecule has 20 heavy (non-hydrogen) atoms. The first-order chi connectivity index (χ1) is 9.74. The number of hydrogen-bond donors (Lipinski definition) is 0. The van der Waals surface area contributed by atoms with Gasteiger partial charge in [-0.1, -0.05) is 30.3 Å². The molecule has 0 N–H and O–H groups in total. The predicted octanol–water partition coefficient (Wildman–Crippen LogP) is 4.18. The van der Waals surface area contributed by atoms with Crippen molar-refractivity contribution >= 4 is 33.0 Å². The van der Waals surface area contributed by atoms with Crippen molar-refractivity contribution in [3.05, 3.63) is 56.7 Å². The molecule has 2 aromatic rings.